The molecule has 0 bridgehead atoms. The molecule has 1 aromatic rings. The van der Waals surface area contributed by atoms with E-state index in [0.29, 0.717) is 19.0 Å². The lowest BCUT2D eigenvalue weighted by atomic mass is 10.2. The van der Waals surface area contributed by atoms with Crippen molar-refractivity contribution in [2.24, 2.45) is 0 Å². The zero-order valence-electron chi connectivity index (χ0n) is 13.4. The van der Waals surface area contributed by atoms with E-state index < -0.39 is 0 Å². The van der Waals surface area contributed by atoms with E-state index in [9.17, 15) is 4.79 Å². The van der Waals surface area contributed by atoms with Crippen LogP contribution in [-0.4, -0.2) is 53.3 Å². The van der Waals surface area contributed by atoms with Crippen LogP contribution in [0.5, 0.6) is 0 Å². The van der Waals surface area contributed by atoms with Crippen LogP contribution in [0.1, 0.15) is 62.2 Å². The van der Waals surface area contributed by atoms with Crippen molar-refractivity contribution < 1.29 is 14.1 Å². The Bertz CT molecular complexity index is 551. The molecule has 0 aromatic carbocycles. The highest BCUT2D eigenvalue weighted by Crippen LogP contribution is 2.40. The molecule has 1 saturated carbocycles. The fraction of sp³-hybridized carbons (Fsp3) is 0.812. The van der Waals surface area contributed by atoms with Crippen LogP contribution < -0.4 is 5.32 Å². The molecular formula is C16H24N4O3. The first kappa shape index (κ1) is 15.1. The number of carbonyl (C=O) groups excluding carboxylic acids is 1. The Labute approximate surface area is 135 Å². The van der Waals surface area contributed by atoms with E-state index in [2.05, 4.69) is 20.4 Å². The van der Waals surface area contributed by atoms with Crippen LogP contribution in [0.2, 0.25) is 0 Å². The first-order valence-corrected chi connectivity index (χ1v) is 8.75. The fourth-order valence-electron chi connectivity index (χ4n) is 3.46. The number of hydrogen-bond donors (Lipinski definition) is 1. The molecule has 1 N–H and O–H groups in total. The van der Waals surface area contributed by atoms with E-state index in [1.165, 1.54) is 0 Å². The van der Waals surface area contributed by atoms with Gasteiger partial charge in [0.2, 0.25) is 11.8 Å². The molecule has 3 fully saturated rings. The molecule has 7 nitrogen and oxygen atoms in total. The molecule has 7 heteroatoms. The van der Waals surface area contributed by atoms with Gasteiger partial charge >= 0.3 is 0 Å². The monoisotopic (exact) mass is 320 g/mol. The van der Waals surface area contributed by atoms with Crippen LogP contribution in [0.15, 0.2) is 4.52 Å². The molecule has 2 aliphatic heterocycles. The molecule has 4 rings (SSSR count). The van der Waals surface area contributed by atoms with E-state index in [-0.39, 0.29) is 18.1 Å². The summed E-state index contributed by atoms with van der Waals surface area (Å²) >= 11 is 0. The second-order valence-corrected chi connectivity index (χ2v) is 6.83. The molecule has 1 amide bonds. The Morgan fingerprint density at radius 3 is 2.96 bits per heavy atom. The molecule has 1 aliphatic carbocycles. The molecule has 126 valence electrons. The largest absolute Gasteiger partial charge is 0.376 e. The number of aromatic nitrogens is 2. The molecule has 1 aromatic heterocycles. The maximum Gasteiger partial charge on any atom is 0.234 e. The highest BCUT2D eigenvalue weighted by Gasteiger charge is 2.34. The predicted molar refractivity (Wildman–Crippen MR) is 81.8 cm³/mol. The average molecular weight is 320 g/mol. The van der Waals surface area contributed by atoms with E-state index in [0.717, 1.165) is 63.4 Å². The van der Waals surface area contributed by atoms with Gasteiger partial charge in [0, 0.05) is 19.1 Å². The van der Waals surface area contributed by atoms with Crippen molar-refractivity contribution in [3.8, 4) is 0 Å². The van der Waals surface area contributed by atoms with Crippen molar-refractivity contribution in [1.82, 2.24) is 20.4 Å². The van der Waals surface area contributed by atoms with Crippen molar-refractivity contribution in [2.75, 3.05) is 26.2 Å². The van der Waals surface area contributed by atoms with Crippen LogP contribution in [0.25, 0.3) is 0 Å². The van der Waals surface area contributed by atoms with Gasteiger partial charge in [-0.15, -0.1) is 0 Å². The first-order chi connectivity index (χ1) is 11.3. The lowest BCUT2D eigenvalue weighted by Crippen LogP contribution is -2.40. The van der Waals surface area contributed by atoms with Crippen LogP contribution in [0.4, 0.5) is 0 Å². The average Bonchev–Trinajstić information content (AvgIpc) is 2.99. The molecular weight excluding hydrogens is 296 g/mol. The highest BCUT2D eigenvalue weighted by molar-refractivity contribution is 5.78. The Hall–Kier alpha value is -1.47. The number of amides is 1. The summed E-state index contributed by atoms with van der Waals surface area (Å²) in [5.74, 6) is 2.05. The summed E-state index contributed by atoms with van der Waals surface area (Å²) in [5, 5.41) is 7.13. The van der Waals surface area contributed by atoms with Gasteiger partial charge in [0.15, 0.2) is 5.82 Å². The third-order valence-electron chi connectivity index (χ3n) is 4.94. The van der Waals surface area contributed by atoms with E-state index in [4.69, 9.17) is 9.26 Å². The zero-order valence-corrected chi connectivity index (χ0v) is 13.4. The van der Waals surface area contributed by atoms with Gasteiger partial charge in [-0.2, -0.15) is 4.98 Å². The summed E-state index contributed by atoms with van der Waals surface area (Å²) in [6, 6.07) is 0.111. The van der Waals surface area contributed by atoms with Gasteiger partial charge in [-0.05, 0) is 45.1 Å². The minimum absolute atomic E-state index is 0.0540. The van der Waals surface area contributed by atoms with Gasteiger partial charge in [0.1, 0.15) is 0 Å². The normalized spacial score (nSPS) is 28.3. The van der Waals surface area contributed by atoms with Gasteiger partial charge in [-0.25, -0.2) is 0 Å². The summed E-state index contributed by atoms with van der Waals surface area (Å²) in [4.78, 5) is 18.9. The standard InChI is InChI=1S/C16H24N4O3/c21-14(17-9-12-3-2-8-22-12)10-20-7-1-4-13(20)15-18-16(23-19-15)11-5-6-11/h11-13H,1-10H2,(H,17,21)/t12-,13+/m1/s1. The number of ether oxygens (including phenoxy) is 1. The maximum atomic E-state index is 12.2. The summed E-state index contributed by atoms with van der Waals surface area (Å²) < 4.78 is 10.9. The van der Waals surface area contributed by atoms with Gasteiger partial charge in [0.05, 0.1) is 18.7 Å². The number of rotatable bonds is 6. The Balaban J connectivity index is 1.30. The van der Waals surface area contributed by atoms with Crippen LogP contribution in [0, 0.1) is 0 Å². The third kappa shape index (κ3) is 3.55. The molecule has 0 spiro atoms. The molecule has 2 saturated heterocycles. The van der Waals surface area contributed by atoms with Gasteiger partial charge in [0.25, 0.3) is 0 Å². The zero-order chi connectivity index (χ0) is 15.6. The van der Waals surface area contributed by atoms with Crippen molar-refractivity contribution in [1.29, 1.82) is 0 Å². The van der Waals surface area contributed by atoms with Gasteiger partial charge in [-0.1, -0.05) is 5.16 Å². The third-order valence-corrected chi connectivity index (χ3v) is 4.94. The van der Waals surface area contributed by atoms with E-state index >= 15 is 0 Å². The quantitative estimate of drug-likeness (QED) is 0.853. The fourth-order valence-corrected chi connectivity index (χ4v) is 3.46. The highest BCUT2D eigenvalue weighted by atomic mass is 16.5. The number of carbonyl (C=O) groups is 1. The molecule has 23 heavy (non-hydrogen) atoms. The number of hydrogen-bond acceptors (Lipinski definition) is 6. The van der Waals surface area contributed by atoms with Crippen molar-refractivity contribution in [3.63, 3.8) is 0 Å². The molecule has 0 unspecified atom stereocenters. The van der Waals surface area contributed by atoms with Gasteiger partial charge in [-0.3, -0.25) is 9.69 Å². The van der Waals surface area contributed by atoms with E-state index in [1.54, 1.807) is 0 Å². The van der Waals surface area contributed by atoms with Crippen LogP contribution in [0.3, 0.4) is 0 Å². The van der Waals surface area contributed by atoms with E-state index in [1.807, 2.05) is 0 Å². The molecule has 0 radical (unpaired) electrons. The van der Waals surface area contributed by atoms with Crippen molar-refractivity contribution in [3.05, 3.63) is 11.7 Å². The summed E-state index contributed by atoms with van der Waals surface area (Å²) in [6.07, 6.45) is 6.68. The number of likely N-dealkylation sites (tertiary alicyclic amines) is 1. The Morgan fingerprint density at radius 1 is 1.26 bits per heavy atom. The second-order valence-electron chi connectivity index (χ2n) is 6.83. The van der Waals surface area contributed by atoms with Crippen LogP contribution in [-0.2, 0) is 9.53 Å². The lowest BCUT2D eigenvalue weighted by Gasteiger charge is -2.21. The maximum absolute atomic E-state index is 12.2. The smallest absolute Gasteiger partial charge is 0.234 e. The van der Waals surface area contributed by atoms with Crippen molar-refractivity contribution >= 4 is 5.91 Å². The SMILES string of the molecule is O=C(CN1CCC[C@H]1c1noc(C2CC2)n1)NC[C@H]1CCCO1. The summed E-state index contributed by atoms with van der Waals surface area (Å²) in [6.45, 7) is 2.73. The summed E-state index contributed by atoms with van der Waals surface area (Å²) in [5.41, 5.74) is 0. The minimum atomic E-state index is 0.0540. The minimum Gasteiger partial charge on any atom is -0.376 e. The molecule has 3 aliphatic rings. The topological polar surface area (TPSA) is 80.5 Å². The predicted octanol–water partition coefficient (Wildman–Crippen LogP) is 1.38. The van der Waals surface area contributed by atoms with Crippen molar-refractivity contribution in [2.45, 2.75) is 56.6 Å². The first-order valence-electron chi connectivity index (χ1n) is 8.75. The lowest BCUT2D eigenvalue weighted by molar-refractivity contribution is -0.123. The summed E-state index contributed by atoms with van der Waals surface area (Å²) in [7, 11) is 0. The number of nitrogens with one attached hydrogen (secondary N) is 1. The molecule has 2 atom stereocenters. The van der Waals surface area contributed by atoms with Gasteiger partial charge < -0.3 is 14.6 Å². The Morgan fingerprint density at radius 2 is 2.17 bits per heavy atom. The second kappa shape index (κ2) is 6.57. The Kier molecular flexibility index (Phi) is 4.31. The molecule has 3 heterocycles. The number of nitrogens with zero attached hydrogens (tertiary/aromatic N) is 3. The van der Waals surface area contributed by atoms with Crippen LogP contribution >= 0.6 is 0 Å².